The quantitative estimate of drug-likeness (QED) is 0.530. The van der Waals surface area contributed by atoms with Gasteiger partial charge in [-0.15, -0.1) is 11.8 Å². The summed E-state index contributed by atoms with van der Waals surface area (Å²) < 4.78 is 35.6. The van der Waals surface area contributed by atoms with E-state index in [1.165, 1.54) is 4.91 Å². The lowest BCUT2D eigenvalue weighted by molar-refractivity contribution is -0.668. The van der Waals surface area contributed by atoms with Crippen molar-refractivity contribution in [2.75, 3.05) is 12.0 Å². The van der Waals surface area contributed by atoms with Gasteiger partial charge in [-0.1, -0.05) is 29.9 Å². The van der Waals surface area contributed by atoms with E-state index in [2.05, 4.69) is 13.0 Å². The Kier molecular flexibility index (Phi) is 6.50. The van der Waals surface area contributed by atoms with Crippen molar-refractivity contribution in [2.45, 2.75) is 26.3 Å². The summed E-state index contributed by atoms with van der Waals surface area (Å²) >= 11 is 9.43. The highest BCUT2D eigenvalue weighted by Gasteiger charge is 2.19. The number of thiazole rings is 1. The average Bonchev–Trinajstić information content (AvgIpc) is 2.81. The van der Waals surface area contributed by atoms with E-state index in [0.29, 0.717) is 11.6 Å². The number of thioether (sulfide) groups is 1. The number of aromatic nitrogens is 1. The number of aryl methyl sites for hydroxylation is 1. The zero-order valence-electron chi connectivity index (χ0n) is 12.9. The number of hydrogen-bond acceptors (Lipinski definition) is 5. The molecular weight excluding hydrogens is 374 g/mol. The standard InChI is InChI=1S/C15H18ClNO3S3/c1-3-12(21-2)10-15-17(7-4-8-23(18,19)20)13-9-11(16)5-6-14(13)22-15/h5-6,9-10H,3-4,7-8H2,1-2H3. The topological polar surface area (TPSA) is 61.1 Å². The molecule has 2 rings (SSSR count). The van der Waals surface area contributed by atoms with Crippen LogP contribution >= 0.6 is 34.7 Å². The number of allylic oxidation sites excluding steroid dienone is 1. The molecule has 0 aliphatic rings. The zero-order valence-corrected chi connectivity index (χ0v) is 16.1. The lowest BCUT2D eigenvalue weighted by Crippen LogP contribution is -2.36. The molecule has 0 saturated carbocycles. The Labute approximate surface area is 149 Å². The lowest BCUT2D eigenvalue weighted by atomic mass is 10.3. The van der Waals surface area contributed by atoms with Gasteiger partial charge in [-0.3, -0.25) is 0 Å². The lowest BCUT2D eigenvalue weighted by Gasteiger charge is -2.04. The fourth-order valence-corrected chi connectivity index (χ4v) is 4.63. The summed E-state index contributed by atoms with van der Waals surface area (Å²) in [5, 5.41) is 1.67. The van der Waals surface area contributed by atoms with E-state index < -0.39 is 10.1 Å². The van der Waals surface area contributed by atoms with Crippen LogP contribution < -0.4 is 4.57 Å². The molecule has 23 heavy (non-hydrogen) atoms. The summed E-state index contributed by atoms with van der Waals surface area (Å²) in [5.74, 6) is -0.357. The van der Waals surface area contributed by atoms with Gasteiger partial charge < -0.3 is 4.55 Å². The van der Waals surface area contributed by atoms with Crippen molar-refractivity contribution in [3.05, 3.63) is 33.1 Å². The summed E-state index contributed by atoms with van der Waals surface area (Å²) in [6.07, 6.45) is 5.38. The highest BCUT2D eigenvalue weighted by molar-refractivity contribution is 8.02. The van der Waals surface area contributed by atoms with Crippen LogP contribution in [0.1, 0.15) is 24.8 Å². The van der Waals surface area contributed by atoms with E-state index in [-0.39, 0.29) is 12.2 Å². The highest BCUT2D eigenvalue weighted by Crippen LogP contribution is 2.27. The minimum atomic E-state index is -4.19. The summed E-state index contributed by atoms with van der Waals surface area (Å²) in [5.41, 5.74) is 0.966. The number of rotatable bonds is 7. The van der Waals surface area contributed by atoms with Crippen LogP contribution in [0.4, 0.5) is 0 Å². The maximum atomic E-state index is 10.8. The predicted octanol–water partition coefficient (Wildman–Crippen LogP) is 3.89. The molecule has 0 amide bonds. The third kappa shape index (κ3) is 5.19. The second-order valence-electron chi connectivity index (χ2n) is 4.99. The van der Waals surface area contributed by atoms with Crippen molar-refractivity contribution < 1.29 is 17.5 Å². The maximum absolute atomic E-state index is 10.8. The molecule has 4 nitrogen and oxygen atoms in total. The van der Waals surface area contributed by atoms with Crippen molar-refractivity contribution in [1.82, 2.24) is 0 Å². The molecule has 1 aromatic heterocycles. The van der Waals surface area contributed by atoms with Gasteiger partial charge in [0.25, 0.3) is 5.01 Å². The molecule has 2 aromatic rings. The first-order chi connectivity index (χ1) is 10.8. The fraction of sp³-hybridized carbons (Fsp3) is 0.400. The molecule has 0 spiro atoms. The second kappa shape index (κ2) is 7.98. The number of benzene rings is 1. The van der Waals surface area contributed by atoms with Gasteiger partial charge >= 0.3 is 0 Å². The average molecular weight is 392 g/mol. The number of hydrogen-bond donors (Lipinski definition) is 0. The normalized spacial score (nSPS) is 13.0. The second-order valence-corrected chi connectivity index (χ2v) is 8.94. The Morgan fingerprint density at radius 1 is 1.48 bits per heavy atom. The summed E-state index contributed by atoms with van der Waals surface area (Å²) in [7, 11) is -4.19. The Morgan fingerprint density at radius 2 is 2.22 bits per heavy atom. The van der Waals surface area contributed by atoms with Gasteiger partial charge in [-0.25, -0.2) is 8.42 Å². The van der Waals surface area contributed by atoms with Gasteiger partial charge in [0, 0.05) is 29.3 Å². The first-order valence-electron chi connectivity index (χ1n) is 7.14. The zero-order chi connectivity index (χ0) is 17.0. The van der Waals surface area contributed by atoms with Crippen LogP contribution in [-0.2, 0) is 16.7 Å². The third-order valence-corrected chi connectivity index (χ3v) is 6.43. The molecule has 0 radical (unpaired) electrons. The first kappa shape index (κ1) is 18.7. The van der Waals surface area contributed by atoms with Crippen LogP contribution in [0.5, 0.6) is 0 Å². The minimum Gasteiger partial charge on any atom is -0.748 e. The van der Waals surface area contributed by atoms with Crippen LogP contribution in [0, 0.1) is 0 Å². The minimum absolute atomic E-state index is 0.288. The van der Waals surface area contributed by atoms with E-state index >= 15 is 0 Å². The van der Waals surface area contributed by atoms with Crippen molar-refractivity contribution in [3.8, 4) is 0 Å². The maximum Gasteiger partial charge on any atom is 0.263 e. The molecule has 0 bridgehead atoms. The van der Waals surface area contributed by atoms with Gasteiger partial charge in [0.1, 0.15) is 4.70 Å². The molecule has 0 unspecified atom stereocenters. The molecule has 0 atom stereocenters. The summed E-state index contributed by atoms with van der Waals surface area (Å²) in [4.78, 5) is 1.24. The molecule has 0 saturated heterocycles. The molecule has 0 aliphatic heterocycles. The monoisotopic (exact) mass is 391 g/mol. The van der Waals surface area contributed by atoms with E-state index in [0.717, 1.165) is 21.6 Å². The van der Waals surface area contributed by atoms with E-state index in [1.54, 1.807) is 23.1 Å². The third-order valence-electron chi connectivity index (χ3n) is 3.36. The molecule has 1 aromatic carbocycles. The largest absolute Gasteiger partial charge is 0.748 e. The van der Waals surface area contributed by atoms with Gasteiger partial charge in [-0.05, 0) is 29.7 Å². The molecule has 0 aliphatic carbocycles. The molecular formula is C15H18ClNO3S3. The van der Waals surface area contributed by atoms with Crippen LogP contribution in [0.15, 0.2) is 23.1 Å². The van der Waals surface area contributed by atoms with Crippen molar-refractivity contribution in [3.63, 3.8) is 0 Å². The van der Waals surface area contributed by atoms with Gasteiger partial charge in [-0.2, -0.15) is 4.57 Å². The number of fused-ring (bicyclic) bond motifs is 1. The summed E-state index contributed by atoms with van der Waals surface area (Å²) in [6.45, 7) is 2.57. The smallest absolute Gasteiger partial charge is 0.263 e. The molecule has 0 N–H and O–H groups in total. The van der Waals surface area contributed by atoms with Crippen molar-refractivity contribution in [2.24, 2.45) is 0 Å². The highest BCUT2D eigenvalue weighted by atomic mass is 35.5. The van der Waals surface area contributed by atoms with Crippen LogP contribution in [0.2, 0.25) is 5.02 Å². The van der Waals surface area contributed by atoms with E-state index in [9.17, 15) is 13.0 Å². The van der Waals surface area contributed by atoms with Gasteiger partial charge in [0.15, 0.2) is 6.54 Å². The Bertz CT molecular complexity index is 822. The fourth-order valence-electron chi connectivity index (χ4n) is 2.25. The van der Waals surface area contributed by atoms with E-state index in [4.69, 9.17) is 11.6 Å². The van der Waals surface area contributed by atoms with Crippen LogP contribution in [0.25, 0.3) is 16.3 Å². The summed E-state index contributed by atoms with van der Waals surface area (Å²) in [6, 6.07) is 5.68. The van der Waals surface area contributed by atoms with Gasteiger partial charge in [0.2, 0.25) is 5.52 Å². The Morgan fingerprint density at radius 3 is 2.83 bits per heavy atom. The first-order valence-corrected chi connectivity index (χ1v) is 11.1. The number of nitrogens with zero attached hydrogens (tertiary/aromatic N) is 1. The van der Waals surface area contributed by atoms with E-state index in [1.807, 2.05) is 29.0 Å². The number of halogens is 1. The van der Waals surface area contributed by atoms with Crippen molar-refractivity contribution >= 4 is 61.1 Å². The SMILES string of the molecule is CCC(=Cc1sc2ccc(Cl)cc2[n+]1CCCS(=O)(=O)[O-])SC. The van der Waals surface area contributed by atoms with Crippen LogP contribution in [0.3, 0.4) is 0 Å². The predicted molar refractivity (Wildman–Crippen MR) is 98.0 cm³/mol. The van der Waals surface area contributed by atoms with Crippen molar-refractivity contribution in [1.29, 1.82) is 0 Å². The Hall–Kier alpha value is -0.600. The molecule has 8 heteroatoms. The van der Waals surface area contributed by atoms with Crippen LogP contribution in [-0.4, -0.2) is 25.0 Å². The van der Waals surface area contributed by atoms with Gasteiger partial charge in [0.05, 0.1) is 10.1 Å². The molecule has 0 fully saturated rings. The Balaban J connectivity index is 2.44. The molecule has 126 valence electrons. The molecule has 1 heterocycles.